The van der Waals surface area contributed by atoms with Crippen LogP contribution in [-0.2, 0) is 24.3 Å². The molecule has 1 aliphatic rings. The van der Waals surface area contributed by atoms with Gasteiger partial charge >= 0.3 is 0 Å². The van der Waals surface area contributed by atoms with Crippen LogP contribution in [0.25, 0.3) is 0 Å². The van der Waals surface area contributed by atoms with Gasteiger partial charge in [-0.25, -0.2) is 4.39 Å². The number of halogens is 1. The van der Waals surface area contributed by atoms with Crippen LogP contribution in [0.5, 0.6) is 0 Å². The second-order valence-corrected chi connectivity index (χ2v) is 7.41. The van der Waals surface area contributed by atoms with Crippen LogP contribution in [0.1, 0.15) is 35.1 Å². The fourth-order valence-electron chi connectivity index (χ4n) is 3.59. The second kappa shape index (κ2) is 10.0. The first kappa shape index (κ1) is 20.8. The van der Waals surface area contributed by atoms with Crippen LogP contribution < -0.4 is 10.6 Å². The Morgan fingerprint density at radius 3 is 2.72 bits per heavy atom. The van der Waals surface area contributed by atoms with Gasteiger partial charge in [0.1, 0.15) is 5.82 Å². The van der Waals surface area contributed by atoms with Crippen molar-refractivity contribution in [3.05, 3.63) is 70.5 Å². The maximum Gasteiger partial charge on any atom is 0.222 e. The number of nitrogens with zero attached hydrogens (tertiary/aromatic N) is 2. The van der Waals surface area contributed by atoms with Gasteiger partial charge in [0.25, 0.3) is 0 Å². The first-order chi connectivity index (χ1) is 14.0. The zero-order valence-electron chi connectivity index (χ0n) is 17.2. The molecule has 0 aliphatic carbocycles. The highest BCUT2D eigenvalue weighted by atomic mass is 19.1. The van der Waals surface area contributed by atoms with Crippen molar-refractivity contribution in [1.82, 2.24) is 15.5 Å². The number of rotatable bonds is 7. The molecule has 1 saturated heterocycles. The highest BCUT2D eigenvalue weighted by molar-refractivity contribution is 5.79. The van der Waals surface area contributed by atoms with E-state index in [1.165, 1.54) is 6.07 Å². The van der Waals surface area contributed by atoms with Crippen LogP contribution in [0.4, 0.5) is 4.39 Å². The summed E-state index contributed by atoms with van der Waals surface area (Å²) in [4.78, 5) is 18.0. The molecule has 2 aromatic carbocycles. The Balaban J connectivity index is 1.47. The molecule has 5 nitrogen and oxygen atoms in total. The first-order valence-electron chi connectivity index (χ1n) is 10.1. The summed E-state index contributed by atoms with van der Waals surface area (Å²) >= 11 is 0. The number of nitrogens with one attached hydrogen (secondary N) is 2. The van der Waals surface area contributed by atoms with E-state index in [-0.39, 0.29) is 11.7 Å². The predicted molar refractivity (Wildman–Crippen MR) is 114 cm³/mol. The summed E-state index contributed by atoms with van der Waals surface area (Å²) in [5, 5.41) is 6.63. The smallest absolute Gasteiger partial charge is 0.222 e. The first-order valence-corrected chi connectivity index (χ1v) is 10.1. The summed E-state index contributed by atoms with van der Waals surface area (Å²) in [6, 6.07) is 13.2. The molecule has 0 atom stereocenters. The van der Waals surface area contributed by atoms with Crippen LogP contribution >= 0.6 is 0 Å². The standard InChI is InChI=1S/C23H29FN4O/c1-17-13-21(24)9-8-20(17)10-11-26-23(25-2)27-15-18-5-3-6-19(14-18)16-28-12-4-7-22(28)29/h3,5-6,8-9,13-14H,4,7,10-12,15-16H2,1-2H3,(H2,25,26,27). The van der Waals surface area contributed by atoms with Gasteiger partial charge in [0.15, 0.2) is 5.96 Å². The summed E-state index contributed by atoms with van der Waals surface area (Å²) in [5.41, 5.74) is 4.38. The van der Waals surface area contributed by atoms with Crippen LogP contribution in [0.15, 0.2) is 47.5 Å². The molecule has 1 aliphatic heterocycles. The lowest BCUT2D eigenvalue weighted by atomic mass is 10.1. The molecule has 3 rings (SSSR count). The van der Waals surface area contributed by atoms with Gasteiger partial charge in [0.2, 0.25) is 5.91 Å². The lowest BCUT2D eigenvalue weighted by Gasteiger charge is -2.16. The number of carbonyl (C=O) groups is 1. The average Bonchev–Trinajstić information content (AvgIpc) is 3.11. The highest BCUT2D eigenvalue weighted by Crippen LogP contribution is 2.15. The molecule has 29 heavy (non-hydrogen) atoms. The molecule has 0 unspecified atom stereocenters. The molecule has 2 N–H and O–H groups in total. The molecule has 1 fully saturated rings. The maximum absolute atomic E-state index is 13.2. The molecule has 6 heteroatoms. The van der Waals surface area contributed by atoms with E-state index in [1.54, 1.807) is 13.1 Å². The quantitative estimate of drug-likeness (QED) is 0.558. The van der Waals surface area contributed by atoms with Gasteiger partial charge in [-0.3, -0.25) is 9.79 Å². The van der Waals surface area contributed by atoms with E-state index >= 15 is 0 Å². The summed E-state index contributed by atoms with van der Waals surface area (Å²) in [5.74, 6) is 0.771. The van der Waals surface area contributed by atoms with Crippen LogP contribution in [-0.4, -0.2) is 36.9 Å². The Labute approximate surface area is 172 Å². The Morgan fingerprint density at radius 2 is 2.00 bits per heavy atom. The fraction of sp³-hybridized carbons (Fsp3) is 0.391. The van der Waals surface area contributed by atoms with Gasteiger partial charge in [-0.1, -0.05) is 30.3 Å². The molecule has 154 valence electrons. The molecular formula is C23H29FN4O. The van der Waals surface area contributed by atoms with E-state index in [0.717, 1.165) is 47.6 Å². The molecular weight excluding hydrogens is 367 g/mol. The number of aliphatic imine (C=N–C) groups is 1. The predicted octanol–water partition coefficient (Wildman–Crippen LogP) is 3.16. The zero-order chi connectivity index (χ0) is 20.6. The minimum atomic E-state index is -0.201. The van der Waals surface area contributed by atoms with Crippen molar-refractivity contribution in [1.29, 1.82) is 0 Å². The van der Waals surface area contributed by atoms with E-state index in [2.05, 4.69) is 33.8 Å². The molecule has 0 saturated carbocycles. The molecule has 0 spiro atoms. The van der Waals surface area contributed by atoms with E-state index in [0.29, 0.717) is 26.1 Å². The second-order valence-electron chi connectivity index (χ2n) is 7.41. The molecule has 1 amide bonds. The van der Waals surface area contributed by atoms with Crippen LogP contribution in [0, 0.1) is 12.7 Å². The summed E-state index contributed by atoms with van der Waals surface area (Å²) in [6.07, 6.45) is 2.42. The van der Waals surface area contributed by atoms with E-state index < -0.39 is 0 Å². The fourth-order valence-corrected chi connectivity index (χ4v) is 3.59. The van der Waals surface area contributed by atoms with Crippen molar-refractivity contribution in [3.8, 4) is 0 Å². The molecule has 2 aromatic rings. The zero-order valence-corrected chi connectivity index (χ0v) is 17.2. The van der Waals surface area contributed by atoms with Crippen molar-refractivity contribution >= 4 is 11.9 Å². The van der Waals surface area contributed by atoms with E-state index in [4.69, 9.17) is 0 Å². The summed E-state index contributed by atoms with van der Waals surface area (Å²) in [7, 11) is 1.74. The molecule has 1 heterocycles. The Morgan fingerprint density at radius 1 is 1.17 bits per heavy atom. The Kier molecular flexibility index (Phi) is 7.22. The van der Waals surface area contributed by atoms with E-state index in [9.17, 15) is 9.18 Å². The Bertz CT molecular complexity index is 881. The van der Waals surface area contributed by atoms with Gasteiger partial charge in [-0.15, -0.1) is 0 Å². The average molecular weight is 397 g/mol. The van der Waals surface area contributed by atoms with Crippen molar-refractivity contribution in [2.75, 3.05) is 20.1 Å². The van der Waals surface area contributed by atoms with Crippen molar-refractivity contribution in [2.45, 2.75) is 39.3 Å². The minimum Gasteiger partial charge on any atom is -0.356 e. The third-order valence-electron chi connectivity index (χ3n) is 5.21. The summed E-state index contributed by atoms with van der Waals surface area (Å²) in [6.45, 7) is 4.82. The molecule has 0 aromatic heterocycles. The summed E-state index contributed by atoms with van der Waals surface area (Å²) < 4.78 is 13.2. The lowest BCUT2D eigenvalue weighted by Crippen LogP contribution is -2.37. The van der Waals surface area contributed by atoms with Gasteiger partial charge in [0.05, 0.1) is 0 Å². The van der Waals surface area contributed by atoms with Crippen LogP contribution in [0.2, 0.25) is 0 Å². The van der Waals surface area contributed by atoms with Crippen molar-refractivity contribution < 1.29 is 9.18 Å². The number of guanidine groups is 1. The molecule has 0 radical (unpaired) electrons. The third-order valence-corrected chi connectivity index (χ3v) is 5.21. The van der Waals surface area contributed by atoms with Gasteiger partial charge in [-0.05, 0) is 54.2 Å². The van der Waals surface area contributed by atoms with Crippen LogP contribution in [0.3, 0.4) is 0 Å². The Hall–Kier alpha value is -2.89. The third kappa shape index (κ3) is 6.04. The maximum atomic E-state index is 13.2. The SMILES string of the molecule is CN=C(NCCc1ccc(F)cc1C)NCc1cccc(CN2CCCC2=O)c1. The number of amides is 1. The van der Waals surface area contributed by atoms with Crippen molar-refractivity contribution in [2.24, 2.45) is 4.99 Å². The minimum absolute atomic E-state index is 0.201. The molecule has 0 bridgehead atoms. The number of likely N-dealkylation sites (tertiary alicyclic amines) is 1. The number of hydrogen-bond donors (Lipinski definition) is 2. The monoisotopic (exact) mass is 396 g/mol. The normalized spacial score (nSPS) is 14.4. The van der Waals surface area contributed by atoms with Gasteiger partial charge in [0, 0.05) is 39.6 Å². The topological polar surface area (TPSA) is 56.7 Å². The number of carbonyl (C=O) groups excluding carboxylic acids is 1. The largest absolute Gasteiger partial charge is 0.356 e. The van der Waals surface area contributed by atoms with Crippen molar-refractivity contribution in [3.63, 3.8) is 0 Å². The number of hydrogen-bond acceptors (Lipinski definition) is 2. The highest BCUT2D eigenvalue weighted by Gasteiger charge is 2.19. The van der Waals surface area contributed by atoms with Gasteiger partial charge < -0.3 is 15.5 Å². The van der Waals surface area contributed by atoms with Gasteiger partial charge in [-0.2, -0.15) is 0 Å². The number of aryl methyl sites for hydroxylation is 1. The van der Waals surface area contributed by atoms with E-state index in [1.807, 2.05) is 24.0 Å². The lowest BCUT2D eigenvalue weighted by molar-refractivity contribution is -0.128. The number of benzene rings is 2.